The summed E-state index contributed by atoms with van der Waals surface area (Å²) < 4.78 is 5.95. The summed E-state index contributed by atoms with van der Waals surface area (Å²) in [5.41, 5.74) is 2.38. The van der Waals surface area contributed by atoms with E-state index in [1.54, 1.807) is 7.11 Å². The van der Waals surface area contributed by atoms with Crippen molar-refractivity contribution in [1.82, 2.24) is 5.32 Å². The van der Waals surface area contributed by atoms with E-state index in [9.17, 15) is 5.11 Å². The minimum atomic E-state index is 0.215. The van der Waals surface area contributed by atoms with Crippen LogP contribution in [-0.4, -0.2) is 25.3 Å². The Balaban J connectivity index is 2.24. The number of phenols is 1. The number of hydrogen-bond acceptors (Lipinski definition) is 3. The zero-order chi connectivity index (χ0) is 13.1. The number of nitrogens with one attached hydrogen (secondary N) is 1. The van der Waals surface area contributed by atoms with Crippen LogP contribution in [0.4, 0.5) is 0 Å². The molecule has 0 spiro atoms. The highest BCUT2D eigenvalue weighted by Crippen LogP contribution is 2.40. The predicted molar refractivity (Wildman–Crippen MR) is 76.4 cm³/mol. The van der Waals surface area contributed by atoms with Crippen LogP contribution in [0.1, 0.15) is 24.0 Å². The first kappa shape index (κ1) is 13.7. The molecule has 0 bridgehead atoms. The monoisotopic (exact) mass is 313 g/mol. The molecule has 0 aromatic heterocycles. The second-order valence-electron chi connectivity index (χ2n) is 4.93. The summed E-state index contributed by atoms with van der Waals surface area (Å²) in [7, 11) is 1.58. The maximum absolute atomic E-state index is 10.0. The van der Waals surface area contributed by atoms with Gasteiger partial charge in [0.1, 0.15) is 0 Å². The van der Waals surface area contributed by atoms with Crippen LogP contribution in [0.25, 0.3) is 0 Å². The summed E-state index contributed by atoms with van der Waals surface area (Å²) in [5, 5.41) is 13.4. The van der Waals surface area contributed by atoms with Crippen LogP contribution < -0.4 is 10.1 Å². The van der Waals surface area contributed by atoms with E-state index in [-0.39, 0.29) is 5.75 Å². The van der Waals surface area contributed by atoms with Crippen molar-refractivity contribution in [2.24, 2.45) is 5.92 Å². The van der Waals surface area contributed by atoms with Gasteiger partial charge < -0.3 is 15.2 Å². The van der Waals surface area contributed by atoms with Gasteiger partial charge in [0.15, 0.2) is 11.5 Å². The standard InChI is InChI=1S/C14H20BrNO2/c1-9-7-12(18-2)14(17)13(15)11(9)8-10-3-5-16-6-4-10/h7,10,16-17H,3-6,8H2,1-2H3. The molecule has 0 aliphatic carbocycles. The van der Waals surface area contributed by atoms with Crippen molar-refractivity contribution in [1.29, 1.82) is 0 Å². The van der Waals surface area contributed by atoms with Crippen molar-refractivity contribution in [3.05, 3.63) is 21.7 Å². The molecule has 0 radical (unpaired) electrons. The molecule has 1 saturated heterocycles. The van der Waals surface area contributed by atoms with Gasteiger partial charge in [-0.25, -0.2) is 0 Å². The summed E-state index contributed by atoms with van der Waals surface area (Å²) in [6.45, 7) is 4.27. The highest BCUT2D eigenvalue weighted by Gasteiger charge is 2.19. The Labute approximate surface area is 117 Å². The van der Waals surface area contributed by atoms with Crippen molar-refractivity contribution in [2.45, 2.75) is 26.2 Å². The maximum Gasteiger partial charge on any atom is 0.172 e. The van der Waals surface area contributed by atoms with E-state index in [2.05, 4.69) is 28.2 Å². The topological polar surface area (TPSA) is 41.5 Å². The normalized spacial score (nSPS) is 16.8. The number of piperidine rings is 1. The fraction of sp³-hybridized carbons (Fsp3) is 0.571. The average molecular weight is 314 g/mol. The van der Waals surface area contributed by atoms with Crippen LogP contribution in [0.5, 0.6) is 11.5 Å². The third kappa shape index (κ3) is 2.81. The number of benzene rings is 1. The number of methoxy groups -OCH3 is 1. The Morgan fingerprint density at radius 2 is 2.11 bits per heavy atom. The van der Waals surface area contributed by atoms with Crippen molar-refractivity contribution in [2.75, 3.05) is 20.2 Å². The largest absolute Gasteiger partial charge is 0.503 e. The maximum atomic E-state index is 10.0. The van der Waals surface area contributed by atoms with Crippen LogP contribution in [0.15, 0.2) is 10.5 Å². The van der Waals surface area contributed by atoms with Crippen molar-refractivity contribution >= 4 is 15.9 Å². The van der Waals surface area contributed by atoms with Gasteiger partial charge in [-0.2, -0.15) is 0 Å². The number of rotatable bonds is 3. The Hall–Kier alpha value is -0.740. The third-order valence-corrected chi connectivity index (χ3v) is 4.56. The minimum absolute atomic E-state index is 0.215. The number of halogens is 1. The summed E-state index contributed by atoms with van der Waals surface area (Å²) in [5.74, 6) is 1.45. The van der Waals surface area contributed by atoms with E-state index in [0.717, 1.165) is 24.0 Å². The molecule has 1 aliphatic rings. The molecule has 2 rings (SSSR count). The quantitative estimate of drug-likeness (QED) is 0.901. The first-order valence-corrected chi connectivity index (χ1v) is 7.18. The van der Waals surface area contributed by atoms with Crippen LogP contribution in [0.3, 0.4) is 0 Å². The lowest BCUT2D eigenvalue weighted by Gasteiger charge is -2.24. The first-order valence-electron chi connectivity index (χ1n) is 6.39. The molecule has 0 saturated carbocycles. The summed E-state index contributed by atoms with van der Waals surface area (Å²) in [4.78, 5) is 0. The number of phenolic OH excluding ortho intramolecular Hbond substituents is 1. The summed E-state index contributed by atoms with van der Waals surface area (Å²) >= 11 is 3.50. The lowest BCUT2D eigenvalue weighted by Crippen LogP contribution is -2.28. The Bertz CT molecular complexity index is 428. The third-order valence-electron chi connectivity index (χ3n) is 3.70. The number of aryl methyl sites for hydroxylation is 1. The van der Waals surface area contributed by atoms with Crippen LogP contribution >= 0.6 is 15.9 Å². The van der Waals surface area contributed by atoms with E-state index in [4.69, 9.17) is 4.74 Å². The highest BCUT2D eigenvalue weighted by atomic mass is 79.9. The van der Waals surface area contributed by atoms with E-state index >= 15 is 0 Å². The lowest BCUT2D eigenvalue weighted by atomic mass is 9.89. The van der Waals surface area contributed by atoms with E-state index < -0.39 is 0 Å². The SMILES string of the molecule is COc1cc(C)c(CC2CCNCC2)c(Br)c1O. The molecular formula is C14H20BrNO2. The fourth-order valence-corrected chi connectivity index (χ4v) is 3.23. The number of ether oxygens (including phenoxy) is 1. The minimum Gasteiger partial charge on any atom is -0.503 e. The summed E-state index contributed by atoms with van der Waals surface area (Å²) in [6, 6.07) is 1.91. The molecule has 1 fully saturated rings. The molecule has 0 amide bonds. The molecular weight excluding hydrogens is 294 g/mol. The van der Waals surface area contributed by atoms with Crippen LogP contribution in [-0.2, 0) is 6.42 Å². The van der Waals surface area contributed by atoms with E-state index in [1.165, 1.54) is 24.0 Å². The number of hydrogen-bond donors (Lipinski definition) is 2. The molecule has 1 aromatic carbocycles. The highest BCUT2D eigenvalue weighted by molar-refractivity contribution is 9.10. The van der Waals surface area contributed by atoms with Gasteiger partial charge in [0.25, 0.3) is 0 Å². The Kier molecular flexibility index (Phi) is 4.51. The molecule has 18 heavy (non-hydrogen) atoms. The number of aromatic hydroxyl groups is 1. The van der Waals surface area contributed by atoms with Crippen molar-refractivity contribution < 1.29 is 9.84 Å². The molecule has 1 heterocycles. The molecule has 0 unspecified atom stereocenters. The average Bonchev–Trinajstić information content (AvgIpc) is 2.40. The molecule has 100 valence electrons. The predicted octanol–water partition coefficient (Wildman–Crippen LogP) is 3.01. The molecule has 1 aliphatic heterocycles. The lowest BCUT2D eigenvalue weighted by molar-refractivity contribution is 0.362. The summed E-state index contributed by atoms with van der Waals surface area (Å²) in [6.07, 6.45) is 3.43. The van der Waals surface area contributed by atoms with Gasteiger partial charge in [-0.1, -0.05) is 0 Å². The molecule has 4 heteroatoms. The van der Waals surface area contributed by atoms with Gasteiger partial charge in [-0.3, -0.25) is 0 Å². The Morgan fingerprint density at radius 1 is 1.44 bits per heavy atom. The van der Waals surface area contributed by atoms with Gasteiger partial charge >= 0.3 is 0 Å². The second kappa shape index (κ2) is 5.93. The Morgan fingerprint density at radius 3 is 2.72 bits per heavy atom. The smallest absolute Gasteiger partial charge is 0.172 e. The van der Waals surface area contributed by atoms with E-state index in [1.807, 2.05) is 6.07 Å². The van der Waals surface area contributed by atoms with Gasteiger partial charge in [-0.05, 0) is 78.3 Å². The molecule has 2 N–H and O–H groups in total. The first-order chi connectivity index (χ1) is 8.63. The van der Waals surface area contributed by atoms with E-state index in [0.29, 0.717) is 11.7 Å². The second-order valence-corrected chi connectivity index (χ2v) is 5.73. The zero-order valence-electron chi connectivity index (χ0n) is 10.9. The van der Waals surface area contributed by atoms with Gasteiger partial charge in [0, 0.05) is 0 Å². The molecule has 1 aromatic rings. The molecule has 0 atom stereocenters. The van der Waals surface area contributed by atoms with Crippen LogP contribution in [0.2, 0.25) is 0 Å². The van der Waals surface area contributed by atoms with Crippen molar-refractivity contribution in [3.8, 4) is 11.5 Å². The van der Waals surface area contributed by atoms with Gasteiger partial charge in [-0.15, -0.1) is 0 Å². The van der Waals surface area contributed by atoms with Crippen molar-refractivity contribution in [3.63, 3.8) is 0 Å². The van der Waals surface area contributed by atoms with Gasteiger partial charge in [0.2, 0.25) is 0 Å². The fourth-order valence-electron chi connectivity index (χ4n) is 2.56. The van der Waals surface area contributed by atoms with Gasteiger partial charge in [0.05, 0.1) is 11.6 Å². The molecule has 3 nitrogen and oxygen atoms in total. The van der Waals surface area contributed by atoms with Crippen LogP contribution in [0, 0.1) is 12.8 Å². The zero-order valence-corrected chi connectivity index (χ0v) is 12.5.